The predicted molar refractivity (Wildman–Crippen MR) is 68.0 cm³/mol. The topological polar surface area (TPSA) is 127 Å². The molecule has 0 aromatic carbocycles. The first-order chi connectivity index (χ1) is 10.9. The van der Waals surface area contributed by atoms with Crippen LogP contribution in [-0.2, 0) is 38.4 Å². The molecule has 2 heterocycles. The Morgan fingerprint density at radius 2 is 1.00 bits per heavy atom. The third-order valence-electron chi connectivity index (χ3n) is 2.69. The first-order valence-corrected chi connectivity index (χ1v) is 6.42. The zero-order chi connectivity index (χ0) is 17.0. The Morgan fingerprint density at radius 1 is 0.696 bits per heavy atom. The highest BCUT2D eigenvalue weighted by Crippen LogP contribution is 2.09. The van der Waals surface area contributed by atoms with Gasteiger partial charge in [-0.1, -0.05) is 10.1 Å². The van der Waals surface area contributed by atoms with Crippen molar-refractivity contribution in [1.29, 1.82) is 0 Å². The van der Waals surface area contributed by atoms with E-state index in [0.717, 1.165) is 24.3 Å². The Hall–Kier alpha value is -3.30. The largest absolute Gasteiger partial charge is 0.333 e. The molecule has 0 atom stereocenters. The molecule has 0 bridgehead atoms. The van der Waals surface area contributed by atoms with Crippen LogP contribution < -0.4 is 0 Å². The van der Waals surface area contributed by atoms with E-state index in [1.54, 1.807) is 0 Å². The van der Waals surface area contributed by atoms with Crippen LogP contribution in [0.5, 0.6) is 0 Å². The van der Waals surface area contributed by atoms with E-state index >= 15 is 0 Å². The fourth-order valence-electron chi connectivity index (χ4n) is 1.63. The molecule has 0 N–H and O–H groups in total. The normalized spacial score (nSPS) is 16.5. The highest BCUT2D eigenvalue weighted by atomic mass is 16.7. The molecule has 120 valence electrons. The molecular formula is C13H10N2O8. The van der Waals surface area contributed by atoms with E-state index in [9.17, 15) is 28.8 Å². The smallest absolute Gasteiger partial charge is 0.330 e. The van der Waals surface area contributed by atoms with Crippen molar-refractivity contribution < 1.29 is 38.4 Å². The van der Waals surface area contributed by atoms with Gasteiger partial charge in [0.1, 0.15) is 0 Å². The Labute approximate surface area is 128 Å². The van der Waals surface area contributed by atoms with Crippen molar-refractivity contribution in [2.75, 3.05) is 0 Å². The Bertz CT molecular complexity index is 571. The standard InChI is InChI=1S/C13H10N2O8/c16-8-4-5-9(17)14(8)22-12(20)2-1-3-13(21)23-15-10(18)6-7-11(15)19/h4-7H,1-3H2. The van der Waals surface area contributed by atoms with E-state index in [0.29, 0.717) is 10.1 Å². The summed E-state index contributed by atoms with van der Waals surface area (Å²) in [5.74, 6) is -4.89. The second kappa shape index (κ2) is 6.64. The molecule has 0 spiro atoms. The Balaban J connectivity index is 1.68. The Morgan fingerprint density at radius 3 is 1.30 bits per heavy atom. The molecular weight excluding hydrogens is 312 g/mol. The molecule has 2 aliphatic heterocycles. The number of amides is 4. The van der Waals surface area contributed by atoms with Crippen molar-refractivity contribution in [3.8, 4) is 0 Å². The summed E-state index contributed by atoms with van der Waals surface area (Å²) in [6, 6.07) is 0. The third kappa shape index (κ3) is 3.87. The van der Waals surface area contributed by atoms with Crippen LogP contribution in [0, 0.1) is 0 Å². The number of nitrogens with zero attached hydrogens (tertiary/aromatic N) is 2. The molecule has 0 unspecified atom stereocenters. The summed E-state index contributed by atoms with van der Waals surface area (Å²) >= 11 is 0. The molecule has 10 heteroatoms. The molecule has 0 aromatic heterocycles. The number of hydrogen-bond acceptors (Lipinski definition) is 8. The van der Waals surface area contributed by atoms with Crippen LogP contribution in [0.1, 0.15) is 19.3 Å². The Kier molecular flexibility index (Phi) is 4.64. The minimum absolute atomic E-state index is 0.0229. The molecule has 23 heavy (non-hydrogen) atoms. The summed E-state index contributed by atoms with van der Waals surface area (Å²) in [7, 11) is 0. The lowest BCUT2D eigenvalue weighted by molar-refractivity contribution is -0.198. The van der Waals surface area contributed by atoms with Crippen LogP contribution in [0.4, 0.5) is 0 Å². The van der Waals surface area contributed by atoms with E-state index in [1.165, 1.54) is 0 Å². The molecule has 0 radical (unpaired) electrons. The van der Waals surface area contributed by atoms with Gasteiger partial charge in [0.15, 0.2) is 0 Å². The van der Waals surface area contributed by atoms with Crippen LogP contribution in [-0.4, -0.2) is 45.7 Å². The molecule has 0 aromatic rings. The first-order valence-electron chi connectivity index (χ1n) is 6.42. The molecule has 0 fully saturated rings. The van der Waals surface area contributed by atoms with Gasteiger partial charge in [0.2, 0.25) is 0 Å². The van der Waals surface area contributed by atoms with Crippen molar-refractivity contribution in [3.05, 3.63) is 24.3 Å². The summed E-state index contributed by atoms with van der Waals surface area (Å²) in [5, 5.41) is 0.599. The van der Waals surface area contributed by atoms with Crippen LogP contribution in [0.15, 0.2) is 24.3 Å². The van der Waals surface area contributed by atoms with E-state index in [2.05, 4.69) is 9.68 Å². The number of hydrogen-bond donors (Lipinski definition) is 0. The van der Waals surface area contributed by atoms with Gasteiger partial charge >= 0.3 is 11.9 Å². The van der Waals surface area contributed by atoms with Gasteiger partial charge in [-0.3, -0.25) is 19.2 Å². The van der Waals surface area contributed by atoms with Crippen molar-refractivity contribution in [3.63, 3.8) is 0 Å². The average Bonchev–Trinajstić information content (AvgIpc) is 2.97. The molecule has 0 saturated heterocycles. The van der Waals surface area contributed by atoms with Gasteiger partial charge in [0.05, 0.1) is 0 Å². The fourth-order valence-corrected chi connectivity index (χ4v) is 1.63. The van der Waals surface area contributed by atoms with Crippen LogP contribution >= 0.6 is 0 Å². The lowest BCUT2D eigenvalue weighted by Gasteiger charge is -2.13. The van der Waals surface area contributed by atoms with Gasteiger partial charge in [-0.25, -0.2) is 9.59 Å². The molecule has 0 saturated carbocycles. The molecule has 0 aliphatic carbocycles. The zero-order valence-electron chi connectivity index (χ0n) is 11.6. The number of rotatable bonds is 6. The highest BCUT2D eigenvalue weighted by molar-refractivity contribution is 6.13. The van der Waals surface area contributed by atoms with E-state index in [1.807, 2.05) is 0 Å². The summed E-state index contributed by atoms with van der Waals surface area (Å²) in [4.78, 5) is 76.6. The zero-order valence-corrected chi connectivity index (χ0v) is 11.6. The molecule has 10 nitrogen and oxygen atoms in total. The third-order valence-corrected chi connectivity index (χ3v) is 2.69. The molecule has 2 rings (SSSR count). The maximum atomic E-state index is 11.4. The maximum absolute atomic E-state index is 11.4. The van der Waals surface area contributed by atoms with E-state index < -0.39 is 35.6 Å². The summed E-state index contributed by atoms with van der Waals surface area (Å²) < 4.78 is 0. The lowest BCUT2D eigenvalue weighted by Crippen LogP contribution is -2.33. The quantitative estimate of drug-likeness (QED) is 0.565. The maximum Gasteiger partial charge on any atom is 0.333 e. The van der Waals surface area contributed by atoms with Crippen LogP contribution in [0.3, 0.4) is 0 Å². The van der Waals surface area contributed by atoms with Crippen LogP contribution in [0.2, 0.25) is 0 Å². The summed E-state index contributed by atoms with van der Waals surface area (Å²) in [5.41, 5.74) is 0. The van der Waals surface area contributed by atoms with Crippen molar-refractivity contribution in [2.45, 2.75) is 19.3 Å². The van der Waals surface area contributed by atoms with Gasteiger partial charge in [0, 0.05) is 37.1 Å². The minimum Gasteiger partial charge on any atom is -0.330 e. The monoisotopic (exact) mass is 322 g/mol. The first kappa shape index (κ1) is 16.1. The highest BCUT2D eigenvalue weighted by Gasteiger charge is 2.29. The van der Waals surface area contributed by atoms with E-state index in [-0.39, 0.29) is 19.3 Å². The average molecular weight is 322 g/mol. The summed E-state index contributed by atoms with van der Waals surface area (Å²) in [6.45, 7) is 0. The van der Waals surface area contributed by atoms with Crippen molar-refractivity contribution >= 4 is 35.6 Å². The summed E-state index contributed by atoms with van der Waals surface area (Å²) in [6.07, 6.45) is 3.23. The SMILES string of the molecule is O=C(CCCC(=O)ON1C(=O)C=CC1=O)ON1C(=O)C=CC1=O. The number of carbonyl (C=O) groups is 6. The predicted octanol–water partition coefficient (Wildman–Crippen LogP) is -1.08. The van der Waals surface area contributed by atoms with Crippen molar-refractivity contribution in [2.24, 2.45) is 0 Å². The number of imide groups is 2. The molecule has 2 aliphatic rings. The second-order valence-corrected chi connectivity index (χ2v) is 4.39. The van der Waals surface area contributed by atoms with Gasteiger partial charge in [-0.15, -0.1) is 0 Å². The van der Waals surface area contributed by atoms with Gasteiger partial charge < -0.3 is 9.68 Å². The van der Waals surface area contributed by atoms with Crippen molar-refractivity contribution in [1.82, 2.24) is 10.1 Å². The second-order valence-electron chi connectivity index (χ2n) is 4.39. The minimum atomic E-state index is -0.891. The van der Waals surface area contributed by atoms with Gasteiger partial charge in [0.25, 0.3) is 23.6 Å². The molecule has 4 amide bonds. The number of hydroxylamine groups is 4. The van der Waals surface area contributed by atoms with Gasteiger partial charge in [-0.05, 0) is 6.42 Å². The van der Waals surface area contributed by atoms with E-state index in [4.69, 9.17) is 0 Å². The van der Waals surface area contributed by atoms with Crippen LogP contribution in [0.25, 0.3) is 0 Å². The lowest BCUT2D eigenvalue weighted by atomic mass is 10.2. The fraction of sp³-hybridized carbons (Fsp3) is 0.231. The van der Waals surface area contributed by atoms with Gasteiger partial charge in [-0.2, -0.15) is 0 Å². The number of carbonyl (C=O) groups excluding carboxylic acids is 6.